The minimum absolute atomic E-state index is 0.0992. The molecule has 3 amide bonds. The van der Waals surface area contributed by atoms with E-state index < -0.39 is 14.4 Å². The summed E-state index contributed by atoms with van der Waals surface area (Å²) in [6, 6.07) is 9.30. The van der Waals surface area contributed by atoms with Crippen molar-refractivity contribution in [2.24, 2.45) is 0 Å². The molecule has 0 saturated heterocycles. The van der Waals surface area contributed by atoms with Gasteiger partial charge in [-0.2, -0.15) is 0 Å². The summed E-state index contributed by atoms with van der Waals surface area (Å²) < 4.78 is 11.4. The van der Waals surface area contributed by atoms with E-state index in [0.29, 0.717) is 19.0 Å². The van der Waals surface area contributed by atoms with E-state index in [1.807, 2.05) is 37.3 Å². The third kappa shape index (κ3) is 7.50. The van der Waals surface area contributed by atoms with E-state index in [4.69, 9.17) is 9.16 Å². The average Bonchev–Trinajstić information content (AvgIpc) is 2.85. The molecule has 9 nitrogen and oxygen atoms in total. The van der Waals surface area contributed by atoms with Crippen molar-refractivity contribution in [1.29, 1.82) is 0 Å². The average molecular weight is 524 g/mol. The number of nitrogens with zero attached hydrogens (tertiary/aromatic N) is 2. The molecule has 2 heterocycles. The molecule has 0 spiro atoms. The largest absolute Gasteiger partial charge is 0.447 e. The highest BCUT2D eigenvalue weighted by atomic mass is 28.4. The number of rotatable bonds is 9. The molecule has 0 fully saturated rings. The van der Waals surface area contributed by atoms with Crippen molar-refractivity contribution in [3.63, 3.8) is 0 Å². The first-order valence-electron chi connectivity index (χ1n) is 12.4. The normalized spacial score (nSPS) is 11.7. The number of amides is 3. The van der Waals surface area contributed by atoms with E-state index in [0.717, 1.165) is 27.5 Å². The van der Waals surface area contributed by atoms with E-state index in [2.05, 4.69) is 59.8 Å². The van der Waals surface area contributed by atoms with Crippen molar-refractivity contribution in [1.82, 2.24) is 20.6 Å². The predicted molar refractivity (Wildman–Crippen MR) is 149 cm³/mol. The first-order chi connectivity index (χ1) is 17.5. The van der Waals surface area contributed by atoms with Crippen LogP contribution in [-0.4, -0.2) is 50.2 Å². The molecule has 1 aromatic carbocycles. The summed E-state index contributed by atoms with van der Waals surface area (Å²) >= 11 is 0. The Morgan fingerprint density at radius 3 is 2.41 bits per heavy atom. The Labute approximate surface area is 219 Å². The van der Waals surface area contributed by atoms with Gasteiger partial charge in [0.25, 0.3) is 0 Å². The van der Waals surface area contributed by atoms with Crippen LogP contribution in [0.5, 0.6) is 0 Å². The van der Waals surface area contributed by atoms with Crippen LogP contribution in [0.1, 0.15) is 33.3 Å². The standard InChI is InChI=1S/C27H37N5O4Si/c1-7-29-25(33)32-24-16-22-21(19-10-12-28-13-11-19)9-8-20(23(22)18-30-24)17-31-26(34)35-14-15-36-37(5,6)27(2,3)4/h8-13,16,18H,7,14-15,17H2,1-6H3,(H,31,34)(H2,29,30,32,33). The summed E-state index contributed by atoms with van der Waals surface area (Å²) in [5, 5.41) is 10.1. The number of fused-ring (bicyclic) bond motifs is 1. The molecule has 198 valence electrons. The summed E-state index contributed by atoms with van der Waals surface area (Å²) in [5.41, 5.74) is 2.82. The number of aromatic nitrogens is 2. The van der Waals surface area contributed by atoms with Crippen molar-refractivity contribution in [3.8, 4) is 11.1 Å². The number of alkyl carbamates (subject to hydrolysis) is 1. The van der Waals surface area contributed by atoms with Crippen LogP contribution >= 0.6 is 0 Å². The number of benzene rings is 1. The Hall–Kier alpha value is -3.50. The molecule has 10 heteroatoms. The molecular formula is C27H37N5O4Si. The van der Waals surface area contributed by atoms with Gasteiger partial charge in [-0.25, -0.2) is 14.6 Å². The monoisotopic (exact) mass is 523 g/mol. The zero-order chi connectivity index (χ0) is 27.1. The zero-order valence-electron chi connectivity index (χ0n) is 22.5. The summed E-state index contributed by atoms with van der Waals surface area (Å²) in [7, 11) is -1.88. The molecule has 0 radical (unpaired) electrons. The lowest BCUT2D eigenvalue weighted by Gasteiger charge is -2.36. The number of carbonyl (C=O) groups excluding carboxylic acids is 2. The van der Waals surface area contributed by atoms with Crippen molar-refractivity contribution in [2.45, 2.75) is 52.4 Å². The number of hydrogen-bond donors (Lipinski definition) is 3. The van der Waals surface area contributed by atoms with E-state index in [-0.39, 0.29) is 24.2 Å². The molecule has 3 aromatic rings. The number of hydrogen-bond acceptors (Lipinski definition) is 6. The summed E-state index contributed by atoms with van der Waals surface area (Å²) in [6.45, 7) is 14.0. The van der Waals surface area contributed by atoms with E-state index in [1.165, 1.54) is 0 Å². The van der Waals surface area contributed by atoms with Gasteiger partial charge in [-0.05, 0) is 65.3 Å². The van der Waals surface area contributed by atoms with Crippen LogP contribution < -0.4 is 16.0 Å². The maximum atomic E-state index is 12.3. The van der Waals surface area contributed by atoms with Crippen molar-refractivity contribution >= 4 is 37.0 Å². The smallest absolute Gasteiger partial charge is 0.407 e. The van der Waals surface area contributed by atoms with Gasteiger partial charge < -0.3 is 19.8 Å². The van der Waals surface area contributed by atoms with Gasteiger partial charge in [0.05, 0.1) is 6.61 Å². The lowest BCUT2D eigenvalue weighted by Crippen LogP contribution is -2.41. The molecule has 37 heavy (non-hydrogen) atoms. The first-order valence-corrected chi connectivity index (χ1v) is 15.3. The number of carbonyl (C=O) groups is 2. The topological polar surface area (TPSA) is 114 Å². The van der Waals surface area contributed by atoms with Crippen LogP contribution in [0.4, 0.5) is 15.4 Å². The summed E-state index contributed by atoms with van der Waals surface area (Å²) in [6.07, 6.45) is 4.66. The molecule has 3 rings (SSSR count). The van der Waals surface area contributed by atoms with Crippen LogP contribution in [0, 0.1) is 0 Å². The van der Waals surface area contributed by atoms with Gasteiger partial charge in [0.1, 0.15) is 12.4 Å². The summed E-state index contributed by atoms with van der Waals surface area (Å²) in [4.78, 5) is 32.9. The lowest BCUT2D eigenvalue weighted by molar-refractivity contribution is 0.121. The molecule has 0 saturated carbocycles. The quantitative estimate of drug-likeness (QED) is 0.245. The fourth-order valence-electron chi connectivity index (χ4n) is 3.49. The Morgan fingerprint density at radius 2 is 1.73 bits per heavy atom. The van der Waals surface area contributed by atoms with E-state index in [1.54, 1.807) is 18.6 Å². The Balaban J connectivity index is 1.73. The summed E-state index contributed by atoms with van der Waals surface area (Å²) in [5.74, 6) is 0.431. The minimum atomic E-state index is -1.88. The van der Waals surface area contributed by atoms with Crippen molar-refractivity contribution in [3.05, 3.63) is 54.5 Å². The highest BCUT2D eigenvalue weighted by Crippen LogP contribution is 2.36. The van der Waals surface area contributed by atoms with E-state index >= 15 is 0 Å². The molecule has 0 aliphatic heterocycles. The second-order valence-electron chi connectivity index (χ2n) is 10.2. The maximum Gasteiger partial charge on any atom is 0.407 e. The van der Waals surface area contributed by atoms with Crippen molar-refractivity contribution < 1.29 is 18.8 Å². The van der Waals surface area contributed by atoms with Gasteiger partial charge in [-0.3, -0.25) is 10.3 Å². The molecular weight excluding hydrogens is 486 g/mol. The molecule has 3 N–H and O–H groups in total. The zero-order valence-corrected chi connectivity index (χ0v) is 23.5. The van der Waals surface area contributed by atoms with Gasteiger partial charge in [0.2, 0.25) is 0 Å². The SMILES string of the molecule is CCNC(=O)Nc1cc2c(-c3ccncc3)ccc(CNC(=O)OCCO[Si](C)(C)C(C)(C)C)c2cn1. The Kier molecular flexibility index (Phi) is 9.22. The lowest BCUT2D eigenvalue weighted by atomic mass is 9.96. The maximum absolute atomic E-state index is 12.3. The predicted octanol–water partition coefficient (Wildman–Crippen LogP) is 5.69. The van der Waals surface area contributed by atoms with Gasteiger partial charge in [0, 0.05) is 37.1 Å². The number of urea groups is 1. The van der Waals surface area contributed by atoms with Crippen LogP contribution in [0.3, 0.4) is 0 Å². The molecule has 0 bridgehead atoms. The van der Waals surface area contributed by atoms with Crippen molar-refractivity contribution in [2.75, 3.05) is 25.1 Å². The fourth-order valence-corrected chi connectivity index (χ4v) is 4.52. The second-order valence-corrected chi connectivity index (χ2v) is 15.0. The Bertz CT molecular complexity index is 1230. The number of ether oxygens (including phenoxy) is 1. The first kappa shape index (κ1) is 28.1. The molecule has 0 atom stereocenters. The number of nitrogens with one attached hydrogen (secondary N) is 3. The third-order valence-corrected chi connectivity index (χ3v) is 11.1. The minimum Gasteiger partial charge on any atom is -0.447 e. The molecule has 2 aromatic heterocycles. The van der Waals surface area contributed by atoms with Crippen LogP contribution in [0.2, 0.25) is 18.1 Å². The van der Waals surface area contributed by atoms with Gasteiger partial charge in [0.15, 0.2) is 8.32 Å². The Morgan fingerprint density at radius 1 is 1.00 bits per heavy atom. The molecule has 0 aliphatic rings. The number of pyridine rings is 2. The van der Waals surface area contributed by atoms with Crippen LogP contribution in [-0.2, 0) is 15.7 Å². The van der Waals surface area contributed by atoms with Gasteiger partial charge in [-0.15, -0.1) is 0 Å². The van der Waals surface area contributed by atoms with Gasteiger partial charge in [-0.1, -0.05) is 32.9 Å². The highest BCUT2D eigenvalue weighted by Gasteiger charge is 2.36. The van der Waals surface area contributed by atoms with Gasteiger partial charge >= 0.3 is 12.1 Å². The number of anilines is 1. The second kappa shape index (κ2) is 12.2. The molecule has 0 aliphatic carbocycles. The third-order valence-electron chi connectivity index (χ3n) is 6.57. The van der Waals surface area contributed by atoms with Crippen LogP contribution in [0.25, 0.3) is 21.9 Å². The fraction of sp³-hybridized carbons (Fsp3) is 0.407. The molecule has 0 unspecified atom stereocenters. The van der Waals surface area contributed by atoms with Crippen LogP contribution in [0.15, 0.2) is 48.9 Å². The highest BCUT2D eigenvalue weighted by molar-refractivity contribution is 6.74. The van der Waals surface area contributed by atoms with E-state index in [9.17, 15) is 9.59 Å².